The molecule has 0 spiro atoms. The first-order valence-corrected chi connectivity index (χ1v) is 4.92. The topological polar surface area (TPSA) is 29.9 Å². The molecule has 0 unspecified atom stereocenters. The zero-order chi connectivity index (χ0) is 13.6. The summed E-state index contributed by atoms with van der Waals surface area (Å²) in [6.07, 6.45) is 0. The van der Waals surface area contributed by atoms with E-state index in [1.54, 1.807) is 0 Å². The molecule has 0 saturated heterocycles. The number of nitrogens with zero attached hydrogens (tertiary/aromatic N) is 3. The lowest BCUT2D eigenvalue weighted by Gasteiger charge is -2.03. The summed E-state index contributed by atoms with van der Waals surface area (Å²) in [6, 6.07) is 0. The Morgan fingerprint density at radius 2 is 1.72 bits per heavy atom. The van der Waals surface area contributed by atoms with Crippen molar-refractivity contribution in [2.75, 3.05) is 0 Å². The van der Waals surface area contributed by atoms with E-state index < -0.39 is 29.2 Å². The Morgan fingerprint density at radius 1 is 1.11 bits per heavy atom. The molecular formula is C11H8F4N3+. The normalized spacial score (nSPS) is 11.0. The van der Waals surface area contributed by atoms with Gasteiger partial charge >= 0.3 is 11.6 Å². The Labute approximate surface area is 99.4 Å². The van der Waals surface area contributed by atoms with Gasteiger partial charge in [0.05, 0.1) is 0 Å². The van der Waals surface area contributed by atoms with Crippen LogP contribution < -0.4 is 4.40 Å². The van der Waals surface area contributed by atoms with E-state index >= 15 is 0 Å². The molecule has 0 aliphatic carbocycles. The molecule has 0 aliphatic heterocycles. The van der Waals surface area contributed by atoms with Crippen molar-refractivity contribution >= 4 is 11.2 Å². The van der Waals surface area contributed by atoms with Crippen LogP contribution in [0.15, 0.2) is 6.58 Å². The van der Waals surface area contributed by atoms with Crippen molar-refractivity contribution in [1.29, 1.82) is 0 Å². The number of halogens is 4. The van der Waals surface area contributed by atoms with Gasteiger partial charge in [-0.25, -0.2) is 0 Å². The molecule has 0 amide bonds. The smallest absolute Gasteiger partial charge is 0.197 e. The van der Waals surface area contributed by atoms with E-state index in [0.717, 1.165) is 6.92 Å². The Balaban J connectivity index is 3.09. The molecular weight excluding hydrogens is 250 g/mol. The first kappa shape index (κ1) is 12.4. The number of hydrogen-bond acceptors (Lipinski definition) is 2. The van der Waals surface area contributed by atoms with E-state index in [2.05, 4.69) is 16.5 Å². The standard InChI is InChI=1S/C11H8F4N3/c1-4(2)10-17-8(14)7(13)11-16-5(3)6(12)9(15)18(10)11/h1H2,2-3H3/q+1. The molecule has 0 radical (unpaired) electrons. The summed E-state index contributed by atoms with van der Waals surface area (Å²) in [6.45, 7) is 6.01. The number of rotatable bonds is 1. The van der Waals surface area contributed by atoms with Crippen molar-refractivity contribution in [1.82, 2.24) is 9.97 Å². The lowest BCUT2D eigenvalue weighted by molar-refractivity contribution is -0.561. The van der Waals surface area contributed by atoms with Gasteiger partial charge in [0, 0.05) is 5.57 Å². The number of aryl methyl sites for hydroxylation is 1. The van der Waals surface area contributed by atoms with Gasteiger partial charge in [-0.15, -0.1) is 4.98 Å². The van der Waals surface area contributed by atoms with Crippen LogP contribution in [0.3, 0.4) is 0 Å². The first-order chi connectivity index (χ1) is 8.34. The largest absolute Gasteiger partial charge is 0.327 e. The summed E-state index contributed by atoms with van der Waals surface area (Å²) in [5.41, 5.74) is -0.894. The summed E-state index contributed by atoms with van der Waals surface area (Å²) < 4.78 is 54.4. The summed E-state index contributed by atoms with van der Waals surface area (Å²) in [4.78, 5) is 6.70. The first-order valence-electron chi connectivity index (χ1n) is 4.92. The van der Waals surface area contributed by atoms with E-state index in [0.29, 0.717) is 4.40 Å². The van der Waals surface area contributed by atoms with Crippen LogP contribution in [0.1, 0.15) is 18.4 Å². The Bertz CT molecular complexity index is 682. The van der Waals surface area contributed by atoms with E-state index in [1.165, 1.54) is 6.92 Å². The number of allylic oxidation sites excluding steroid dienone is 1. The van der Waals surface area contributed by atoms with Crippen molar-refractivity contribution in [2.24, 2.45) is 0 Å². The molecule has 0 aromatic carbocycles. The van der Waals surface area contributed by atoms with Gasteiger partial charge in [0.2, 0.25) is 5.82 Å². The molecule has 7 heteroatoms. The van der Waals surface area contributed by atoms with Gasteiger partial charge in [-0.2, -0.15) is 22.0 Å². The minimum atomic E-state index is -1.44. The third-order valence-electron chi connectivity index (χ3n) is 2.36. The zero-order valence-corrected chi connectivity index (χ0v) is 9.56. The quantitative estimate of drug-likeness (QED) is 0.445. The summed E-state index contributed by atoms with van der Waals surface area (Å²) in [7, 11) is 0. The van der Waals surface area contributed by atoms with Crippen LogP contribution in [0.2, 0.25) is 0 Å². The van der Waals surface area contributed by atoms with Crippen LogP contribution >= 0.6 is 0 Å². The highest BCUT2D eigenvalue weighted by molar-refractivity contribution is 5.53. The minimum Gasteiger partial charge on any atom is -0.197 e. The van der Waals surface area contributed by atoms with Gasteiger partial charge < -0.3 is 0 Å². The molecule has 3 nitrogen and oxygen atoms in total. The van der Waals surface area contributed by atoms with Crippen molar-refractivity contribution in [2.45, 2.75) is 13.8 Å². The van der Waals surface area contributed by atoms with Gasteiger partial charge in [0.1, 0.15) is 0 Å². The molecule has 0 saturated carbocycles. The fraction of sp³-hybridized carbons (Fsp3) is 0.182. The van der Waals surface area contributed by atoms with Crippen LogP contribution in [0.4, 0.5) is 17.6 Å². The van der Waals surface area contributed by atoms with E-state index in [-0.39, 0.29) is 17.1 Å². The fourth-order valence-corrected chi connectivity index (χ4v) is 1.51. The number of fused-ring (bicyclic) bond motifs is 1. The highest BCUT2D eigenvalue weighted by atomic mass is 19.2. The van der Waals surface area contributed by atoms with Gasteiger partial charge in [-0.3, -0.25) is 0 Å². The molecule has 2 rings (SSSR count). The molecule has 18 heavy (non-hydrogen) atoms. The highest BCUT2D eigenvalue weighted by Crippen LogP contribution is 2.14. The van der Waals surface area contributed by atoms with Gasteiger partial charge in [-0.05, 0) is 13.8 Å². The average Bonchev–Trinajstić information content (AvgIpc) is 2.31. The molecule has 2 aromatic rings. The predicted octanol–water partition coefficient (Wildman–Crippen LogP) is 2.11. The van der Waals surface area contributed by atoms with E-state index in [1.807, 2.05) is 0 Å². The van der Waals surface area contributed by atoms with E-state index in [4.69, 9.17) is 0 Å². The third-order valence-corrected chi connectivity index (χ3v) is 2.36. The minimum absolute atomic E-state index is 0.146. The van der Waals surface area contributed by atoms with Crippen molar-refractivity contribution in [3.05, 3.63) is 41.6 Å². The molecule has 2 aromatic heterocycles. The molecule has 94 valence electrons. The summed E-state index contributed by atoms with van der Waals surface area (Å²) >= 11 is 0. The fourth-order valence-electron chi connectivity index (χ4n) is 1.51. The predicted molar refractivity (Wildman–Crippen MR) is 54.5 cm³/mol. The molecule has 0 bridgehead atoms. The van der Waals surface area contributed by atoms with Gasteiger partial charge in [-0.1, -0.05) is 11.6 Å². The molecule has 0 fully saturated rings. The van der Waals surface area contributed by atoms with Crippen LogP contribution in [0, 0.1) is 30.5 Å². The Morgan fingerprint density at radius 3 is 2.28 bits per heavy atom. The van der Waals surface area contributed by atoms with Crippen LogP contribution in [0.5, 0.6) is 0 Å². The van der Waals surface area contributed by atoms with Crippen molar-refractivity contribution < 1.29 is 22.0 Å². The van der Waals surface area contributed by atoms with Crippen LogP contribution in [-0.2, 0) is 0 Å². The molecule has 0 aliphatic rings. The third kappa shape index (κ3) is 1.62. The Hall–Kier alpha value is -2.05. The lowest BCUT2D eigenvalue weighted by Crippen LogP contribution is -2.37. The lowest BCUT2D eigenvalue weighted by atomic mass is 10.3. The Kier molecular flexibility index (Phi) is 2.76. The monoisotopic (exact) mass is 258 g/mol. The summed E-state index contributed by atoms with van der Waals surface area (Å²) in [5.74, 6) is -5.84. The van der Waals surface area contributed by atoms with Crippen molar-refractivity contribution in [3.8, 4) is 0 Å². The van der Waals surface area contributed by atoms with Crippen molar-refractivity contribution in [3.63, 3.8) is 0 Å². The molecule has 0 N–H and O–H groups in total. The highest BCUT2D eigenvalue weighted by Gasteiger charge is 2.29. The maximum absolute atomic E-state index is 13.8. The summed E-state index contributed by atoms with van der Waals surface area (Å²) in [5, 5.41) is 0. The average molecular weight is 258 g/mol. The van der Waals surface area contributed by atoms with Crippen LogP contribution in [-0.4, -0.2) is 9.97 Å². The number of hydrogen-bond donors (Lipinski definition) is 0. The molecule has 0 atom stereocenters. The van der Waals surface area contributed by atoms with Crippen LogP contribution in [0.25, 0.3) is 11.2 Å². The maximum Gasteiger partial charge on any atom is 0.327 e. The number of aromatic nitrogens is 3. The van der Waals surface area contributed by atoms with E-state index in [9.17, 15) is 17.6 Å². The SMILES string of the molecule is C=C(C)c1nc(F)c(F)c2nc(C)c(F)c(F)[n+]12. The second-order valence-corrected chi connectivity index (χ2v) is 3.78. The van der Waals surface area contributed by atoms with Gasteiger partial charge in [0.25, 0.3) is 17.6 Å². The second-order valence-electron chi connectivity index (χ2n) is 3.78. The molecule has 2 heterocycles. The second kappa shape index (κ2) is 4.01. The maximum atomic E-state index is 13.8. The zero-order valence-electron chi connectivity index (χ0n) is 9.56. The van der Waals surface area contributed by atoms with Gasteiger partial charge in [0.15, 0.2) is 5.69 Å².